The molecule has 20 N–H and O–H groups in total. The van der Waals surface area contributed by atoms with E-state index in [2.05, 4.69) is 88.7 Å². The molecule has 0 unspecified atom stereocenters. The number of benzene rings is 1. The van der Waals surface area contributed by atoms with Gasteiger partial charge < -0.3 is 106 Å². The maximum atomic E-state index is 14.9. The number of aliphatic hydroxyl groups is 2. The molecule has 0 aliphatic carbocycles. The molecule has 4 fully saturated rings. The van der Waals surface area contributed by atoms with Gasteiger partial charge in [0.05, 0.1) is 25.7 Å². The summed E-state index contributed by atoms with van der Waals surface area (Å²) in [4.78, 5) is 221. The minimum absolute atomic E-state index is 0.0132. The maximum absolute atomic E-state index is 14.9. The van der Waals surface area contributed by atoms with Gasteiger partial charge in [-0.15, -0.1) is 0 Å². The Labute approximate surface area is 626 Å². The number of rotatable bonds is 21. The fourth-order valence-electron chi connectivity index (χ4n) is 12.9. The normalized spacial score (nSPS) is 27.8. The molecule has 106 heavy (non-hydrogen) atoms. The summed E-state index contributed by atoms with van der Waals surface area (Å²) >= 11 is 8.64. The van der Waals surface area contributed by atoms with Gasteiger partial charge in [0.2, 0.25) is 82.7 Å². The first-order chi connectivity index (χ1) is 50.4. The molecule has 590 valence electrons. The van der Waals surface area contributed by atoms with Gasteiger partial charge in [-0.2, -0.15) is 25.3 Å². The highest BCUT2D eigenvalue weighted by Crippen LogP contribution is 2.28. The third kappa shape index (κ3) is 25.7. The number of nitrogens with one attached hydrogen (secondary N) is 11. The Hall–Kier alpha value is -8.88. The van der Waals surface area contributed by atoms with Crippen molar-refractivity contribution in [1.29, 1.82) is 0 Å². The van der Waals surface area contributed by atoms with E-state index in [1.165, 1.54) is 14.7 Å². The minimum Gasteiger partial charge on any atom is -0.481 e. The number of aliphatic imine (C=N–C) groups is 1. The van der Waals surface area contributed by atoms with Gasteiger partial charge in [-0.1, -0.05) is 83.7 Å². The van der Waals surface area contributed by atoms with Crippen molar-refractivity contribution < 1.29 is 87.2 Å². The summed E-state index contributed by atoms with van der Waals surface area (Å²) < 4.78 is 0. The van der Waals surface area contributed by atoms with E-state index in [0.717, 1.165) is 6.92 Å². The number of carbonyl (C=O) groups excluding carboxylic acids is 14. The number of hydrogen-bond donors (Lipinski definition) is 19. The van der Waals surface area contributed by atoms with Crippen molar-refractivity contribution in [3.63, 3.8) is 0 Å². The lowest BCUT2D eigenvalue weighted by atomic mass is 9.96. The van der Waals surface area contributed by atoms with Crippen LogP contribution in [0.2, 0.25) is 0 Å². The summed E-state index contributed by atoms with van der Waals surface area (Å²) in [6, 6.07) is -10.7. The van der Waals surface area contributed by atoms with E-state index >= 15 is 0 Å². The molecule has 0 saturated carbocycles. The van der Waals surface area contributed by atoms with Gasteiger partial charge in [0, 0.05) is 44.1 Å². The average molecular weight is 1530 g/mol. The fraction of sp³-hybridized carbons (Fsp3) is 0.676. The summed E-state index contributed by atoms with van der Waals surface area (Å²) in [7, 11) is 0. The number of unbranched alkanes of at least 4 members (excludes halogenated alkanes) is 2. The third-order valence-electron chi connectivity index (χ3n) is 19.3. The van der Waals surface area contributed by atoms with Crippen molar-refractivity contribution in [3.05, 3.63) is 35.9 Å². The highest BCUT2D eigenvalue weighted by molar-refractivity contribution is 7.80. The molecule has 4 saturated heterocycles. The summed E-state index contributed by atoms with van der Waals surface area (Å²) in [5.41, 5.74) is 17.3. The quantitative estimate of drug-likeness (QED) is 0.0236. The van der Waals surface area contributed by atoms with Gasteiger partial charge in [0.1, 0.15) is 78.5 Å². The Morgan fingerprint density at radius 1 is 0.519 bits per heavy atom. The second kappa shape index (κ2) is 43.7. The summed E-state index contributed by atoms with van der Waals surface area (Å²) in [6.45, 7) is 6.43. The van der Waals surface area contributed by atoms with Crippen LogP contribution in [0.25, 0.3) is 0 Å². The number of thiol groups is 2. The molecular formula is C68H108N18O18S2. The number of guanidine groups is 1. The monoisotopic (exact) mass is 1530 g/mol. The topological polar surface area (TPSA) is 549 Å². The van der Waals surface area contributed by atoms with Crippen molar-refractivity contribution in [3.8, 4) is 0 Å². The van der Waals surface area contributed by atoms with Crippen LogP contribution in [-0.4, -0.2) is 267 Å². The molecule has 5 rings (SSSR count). The zero-order valence-corrected chi connectivity index (χ0v) is 62.5. The first-order valence-corrected chi connectivity index (χ1v) is 37.4. The number of hydrogen-bond acceptors (Lipinski definition) is 21. The molecule has 4 aliphatic heterocycles. The van der Waals surface area contributed by atoms with Crippen LogP contribution < -0.4 is 75.7 Å². The Morgan fingerprint density at radius 3 is 1.53 bits per heavy atom. The molecule has 4 aliphatic rings. The number of aliphatic hydroxyl groups excluding tert-OH is 2. The first kappa shape index (κ1) is 87.8. The number of carbonyl (C=O) groups is 15. The van der Waals surface area contributed by atoms with E-state index in [9.17, 15) is 87.2 Å². The van der Waals surface area contributed by atoms with Gasteiger partial charge in [-0.3, -0.25) is 76.9 Å². The standard InChI is InChI=1S/C68H108N18O18S2/c1-6-36(3)52-63(100)80-45(34-105)59(96)77-43(30-39-18-10-8-11-19-39)65(102)84-27-15-22-47(84)61(98)76-42(31-51(90)91)55(92)73-32-50(89)74-40(21-14-26-72-68(70)71)56(93)79-46(35-106)60(97)83-54(38(5)88)64(101)75-41(20-12-9-13-25-69)57(94)78-44(33-87)58(95)82-53(37(4)7-2)67(104)86-29-17-24-49(86)66(103)85-28-16-23-48(85)62(99)81-52/h8,10-11,18-19,36-38,40-49,52-54,87-88,105-106H,6-7,9,12-17,20-35,69H2,1-5H3,(H,73,92)(H,74,89)(H,75,101)(H,76,98)(H,77,96)(H,78,94)(H,79,93)(H,80,100)(H,81,99)(H,82,95)(H,83,97)(H,90,91)(H4,70,71,72)/t36-,37-,38+,40-,41-,42-,43-,44-,45-,46-,47-,48-,49-,52-,53-,54-/m0/s1. The van der Waals surface area contributed by atoms with Gasteiger partial charge in [0.15, 0.2) is 5.96 Å². The highest BCUT2D eigenvalue weighted by Gasteiger charge is 2.47. The van der Waals surface area contributed by atoms with E-state index < -0.39 is 210 Å². The number of nitrogens with zero attached hydrogens (tertiary/aromatic N) is 4. The lowest BCUT2D eigenvalue weighted by Crippen LogP contribution is -2.63. The van der Waals surface area contributed by atoms with E-state index in [0.29, 0.717) is 44.1 Å². The summed E-state index contributed by atoms with van der Waals surface area (Å²) in [5, 5.41) is 59.3. The first-order valence-electron chi connectivity index (χ1n) is 36.2. The molecule has 0 radical (unpaired) electrons. The zero-order chi connectivity index (χ0) is 78.5. The average Bonchev–Trinajstić information content (AvgIpc) is 1.64. The predicted molar refractivity (Wildman–Crippen MR) is 392 cm³/mol. The van der Waals surface area contributed by atoms with Crippen molar-refractivity contribution in [1.82, 2.24) is 73.2 Å². The van der Waals surface area contributed by atoms with Crippen molar-refractivity contribution >= 4 is 120 Å². The van der Waals surface area contributed by atoms with Gasteiger partial charge in [-0.05, 0) is 95.1 Å². The lowest BCUT2D eigenvalue weighted by Gasteiger charge is -2.35. The van der Waals surface area contributed by atoms with Crippen LogP contribution >= 0.6 is 25.3 Å². The van der Waals surface area contributed by atoms with Crippen LogP contribution in [0.1, 0.15) is 136 Å². The molecule has 36 nitrogen and oxygen atoms in total. The molecule has 0 aromatic heterocycles. The van der Waals surface area contributed by atoms with Crippen LogP contribution in [0.3, 0.4) is 0 Å². The Bertz CT molecular complexity index is 3280. The van der Waals surface area contributed by atoms with Crippen molar-refractivity contribution in [2.75, 3.05) is 57.4 Å². The molecule has 16 atom stereocenters. The van der Waals surface area contributed by atoms with E-state index in [1.54, 1.807) is 58.0 Å². The van der Waals surface area contributed by atoms with Crippen LogP contribution in [0.15, 0.2) is 35.3 Å². The largest absolute Gasteiger partial charge is 0.481 e. The number of carboxylic acids is 1. The molecule has 38 heteroatoms. The van der Waals surface area contributed by atoms with Crippen molar-refractivity contribution in [2.45, 2.75) is 222 Å². The smallest absolute Gasteiger partial charge is 0.305 e. The lowest BCUT2D eigenvalue weighted by molar-refractivity contribution is -0.149. The van der Waals surface area contributed by atoms with Crippen LogP contribution in [0, 0.1) is 11.8 Å². The molecule has 1 aromatic carbocycles. The Kier molecular flexibility index (Phi) is 36.2. The molecule has 0 spiro atoms. The maximum Gasteiger partial charge on any atom is 0.305 e. The molecular weight excluding hydrogens is 1420 g/mol. The predicted octanol–water partition coefficient (Wildman–Crippen LogP) is -5.45. The highest BCUT2D eigenvalue weighted by atomic mass is 32.1. The molecule has 1 aromatic rings. The second-order valence-electron chi connectivity index (χ2n) is 27.2. The van der Waals surface area contributed by atoms with Gasteiger partial charge >= 0.3 is 5.97 Å². The Balaban J connectivity index is 1.53. The van der Waals surface area contributed by atoms with Crippen LogP contribution in [0.5, 0.6) is 0 Å². The number of fused-ring (bicyclic) bond motifs is 3. The SMILES string of the molecule is CC[C@H](C)[C@@H]1NC(=O)[C@@H]2CCCN2C(=O)[C@@H]2CCCN2C(=O)[C@H]([C@@H](C)CC)NC(=O)[C@H](CO)NC(=O)[C@H](CCCCCN)NC(=O)[C@H]([C@@H](C)O)NC(=O)[C@H](CS)NC(=O)[C@H](CCCN=C(N)N)NC(=O)CNC(=O)[C@H](CC(=O)O)NC(=O)[C@@H]2CCCN2C(=O)[C@H](Cc2ccccc2)NC(=O)[C@H](CS)NC1=O. The second-order valence-corrected chi connectivity index (χ2v) is 27.9. The fourth-order valence-corrected chi connectivity index (χ4v) is 13.4. The van der Waals surface area contributed by atoms with Crippen LogP contribution in [0.4, 0.5) is 0 Å². The molecule has 14 amide bonds. The summed E-state index contributed by atoms with van der Waals surface area (Å²) in [6.07, 6.45) is 0.0292. The van der Waals surface area contributed by atoms with E-state index in [4.69, 9.17) is 17.2 Å². The van der Waals surface area contributed by atoms with Crippen LogP contribution in [-0.2, 0) is 78.3 Å². The van der Waals surface area contributed by atoms with Gasteiger partial charge in [0.25, 0.3) is 0 Å². The van der Waals surface area contributed by atoms with E-state index in [-0.39, 0.29) is 102 Å². The minimum atomic E-state index is -1.87. The molecule has 4 heterocycles. The Morgan fingerprint density at radius 2 is 0.972 bits per heavy atom. The molecule has 0 bridgehead atoms. The van der Waals surface area contributed by atoms with Gasteiger partial charge in [-0.25, -0.2) is 0 Å². The number of carboxylic acid groups (broad SMARTS) is 1. The van der Waals surface area contributed by atoms with E-state index in [1.807, 2.05) is 0 Å². The number of aliphatic carboxylic acids is 1. The third-order valence-corrected chi connectivity index (χ3v) is 20.1. The summed E-state index contributed by atoms with van der Waals surface area (Å²) in [5.74, 6) is -16.7. The number of amides is 14. The zero-order valence-electron chi connectivity index (χ0n) is 60.7. The van der Waals surface area contributed by atoms with Crippen molar-refractivity contribution in [2.24, 2.45) is 34.0 Å². The number of nitrogens with two attached hydrogens (primary N) is 3.